The number of hydrogen-bond acceptors (Lipinski definition) is 0. The van der Waals surface area contributed by atoms with Crippen LogP contribution < -0.4 is 0 Å². The molecule has 44 valence electrons. The van der Waals surface area contributed by atoms with Gasteiger partial charge in [0.1, 0.15) is 0 Å². The first kappa shape index (κ1) is 3.92. The second kappa shape index (κ2) is 0.630. The molecule has 0 amide bonds. The van der Waals surface area contributed by atoms with Crippen LogP contribution in [0.15, 0.2) is 0 Å². The van der Waals surface area contributed by atoms with Crippen molar-refractivity contribution >= 4 is 0 Å². The van der Waals surface area contributed by atoms with Crippen molar-refractivity contribution in [2.45, 2.75) is 26.7 Å². The zero-order valence-electron chi connectivity index (χ0n) is 5.57. The molecule has 0 aromatic heterocycles. The molecule has 3 fully saturated rings. The van der Waals surface area contributed by atoms with Crippen LogP contribution in [0.1, 0.15) is 26.7 Å². The molecule has 0 heteroatoms. The molecule has 0 radical (unpaired) electrons. The van der Waals surface area contributed by atoms with Gasteiger partial charge in [0.05, 0.1) is 0 Å². The highest BCUT2D eigenvalue weighted by Crippen LogP contribution is 3.00. The Labute approximate surface area is 50.3 Å². The lowest BCUT2D eigenvalue weighted by molar-refractivity contribution is 0.190. The normalized spacial score (nSPS) is 81.8. The third-order valence-electron chi connectivity index (χ3n) is 4.37. The molecule has 0 heterocycles. The van der Waals surface area contributed by atoms with Crippen molar-refractivity contribution in [3.8, 4) is 0 Å². The quantitative estimate of drug-likeness (QED) is 0.445. The molecule has 0 nitrogen and oxygen atoms in total. The van der Waals surface area contributed by atoms with Crippen LogP contribution >= 0.6 is 0 Å². The minimum absolute atomic E-state index is 0.895. The minimum Gasteiger partial charge on any atom is -0.0619 e. The Morgan fingerprint density at radius 1 is 1.50 bits per heavy atom. The molecule has 3 aliphatic rings. The van der Waals surface area contributed by atoms with E-state index in [1.165, 1.54) is 5.92 Å². The van der Waals surface area contributed by atoms with Crippen molar-refractivity contribution in [1.29, 1.82) is 0 Å². The van der Waals surface area contributed by atoms with E-state index in [1.807, 2.05) is 0 Å². The summed E-state index contributed by atoms with van der Waals surface area (Å²) in [7, 11) is 0. The van der Waals surface area contributed by atoms with Crippen molar-refractivity contribution in [2.75, 3.05) is 0 Å². The largest absolute Gasteiger partial charge is 0.0619 e. The minimum atomic E-state index is 0.895. The van der Waals surface area contributed by atoms with E-state index in [0.29, 0.717) is 0 Å². The van der Waals surface area contributed by atoms with Gasteiger partial charge >= 0.3 is 0 Å². The predicted molar refractivity (Wildman–Crippen MR) is 32.4 cm³/mol. The van der Waals surface area contributed by atoms with Gasteiger partial charge in [0.2, 0.25) is 0 Å². The lowest BCUT2D eigenvalue weighted by Crippen LogP contribution is -2.22. The van der Waals surface area contributed by atoms with Gasteiger partial charge in [0, 0.05) is 0 Å². The second-order valence-corrected chi connectivity index (χ2v) is 4.32. The molecule has 1 spiro atoms. The Morgan fingerprint density at radius 2 is 2.25 bits per heavy atom. The molecule has 3 saturated carbocycles. The molecule has 8 heavy (non-hydrogen) atoms. The summed E-state index contributed by atoms with van der Waals surface area (Å²) < 4.78 is 0. The number of hydrogen-bond donors (Lipinski definition) is 0. The highest BCUT2D eigenvalue weighted by atomic mass is 15.0. The van der Waals surface area contributed by atoms with E-state index < -0.39 is 0 Å². The van der Waals surface area contributed by atoms with Crippen LogP contribution in [0.25, 0.3) is 0 Å². The molecule has 4 atom stereocenters. The number of rotatable bonds is 0. The maximum Gasteiger partial charge on any atom is -0.0175 e. The van der Waals surface area contributed by atoms with Crippen molar-refractivity contribution < 1.29 is 0 Å². The molecule has 0 saturated heterocycles. The van der Waals surface area contributed by atoms with Gasteiger partial charge in [0.15, 0.2) is 0 Å². The molecule has 3 aliphatic carbocycles. The van der Waals surface area contributed by atoms with Crippen LogP contribution in [0.4, 0.5) is 0 Å². The lowest BCUT2D eigenvalue weighted by Gasteiger charge is -2.30. The van der Waals surface area contributed by atoms with Crippen molar-refractivity contribution in [2.24, 2.45) is 22.7 Å². The molecular weight excluding hydrogens is 96.1 g/mol. The van der Waals surface area contributed by atoms with E-state index in [4.69, 9.17) is 0 Å². The van der Waals surface area contributed by atoms with Gasteiger partial charge < -0.3 is 0 Å². The average molecular weight is 108 g/mol. The third-order valence-corrected chi connectivity index (χ3v) is 4.37. The SMILES string of the molecule is CC1CC2C3(C)CC123. The van der Waals surface area contributed by atoms with Crippen molar-refractivity contribution in [3.63, 3.8) is 0 Å². The van der Waals surface area contributed by atoms with Gasteiger partial charge in [-0.15, -0.1) is 0 Å². The zero-order valence-corrected chi connectivity index (χ0v) is 5.57. The summed E-state index contributed by atoms with van der Waals surface area (Å²) in [4.78, 5) is 0. The topological polar surface area (TPSA) is 0 Å². The summed E-state index contributed by atoms with van der Waals surface area (Å²) in [6.45, 7) is 4.90. The molecule has 4 unspecified atom stereocenters. The number of fused-ring (bicyclic) bond motifs is 1. The molecule has 0 N–H and O–H groups in total. The van der Waals surface area contributed by atoms with Gasteiger partial charge in [-0.05, 0) is 35.5 Å². The Kier molecular flexibility index (Phi) is 0.309. The standard InChI is InChI=1S/C8H12/c1-5-3-6-7(2)4-8(5,6)7/h5-6H,3-4H2,1-2H3. The van der Waals surface area contributed by atoms with Crippen LogP contribution in [0.5, 0.6) is 0 Å². The molecule has 0 aliphatic heterocycles. The highest BCUT2D eigenvalue weighted by molar-refractivity contribution is 5.41. The summed E-state index contributed by atoms with van der Waals surface area (Å²) in [6, 6.07) is 0. The Hall–Kier alpha value is 0. The van der Waals surface area contributed by atoms with Crippen molar-refractivity contribution in [3.05, 3.63) is 0 Å². The van der Waals surface area contributed by atoms with Crippen LogP contribution in [0, 0.1) is 22.7 Å². The zero-order chi connectivity index (χ0) is 5.57. The van der Waals surface area contributed by atoms with E-state index in [1.54, 1.807) is 12.8 Å². The Bertz CT molecular complexity index is 167. The highest BCUT2D eigenvalue weighted by Gasteiger charge is 2.94. The Balaban J connectivity index is 2.06. The van der Waals surface area contributed by atoms with Gasteiger partial charge in [0.25, 0.3) is 0 Å². The van der Waals surface area contributed by atoms with E-state index in [2.05, 4.69) is 13.8 Å². The molecule has 3 rings (SSSR count). The van der Waals surface area contributed by atoms with Crippen LogP contribution in [-0.4, -0.2) is 0 Å². The molecular formula is C8H12. The molecule has 0 aromatic rings. The molecule has 0 aromatic carbocycles. The fourth-order valence-electron chi connectivity index (χ4n) is 3.53. The summed E-state index contributed by atoms with van der Waals surface area (Å²) in [5, 5.41) is 0. The molecule has 0 bridgehead atoms. The van der Waals surface area contributed by atoms with Gasteiger partial charge in [-0.2, -0.15) is 0 Å². The van der Waals surface area contributed by atoms with E-state index in [9.17, 15) is 0 Å². The first-order valence-electron chi connectivity index (χ1n) is 3.72. The Morgan fingerprint density at radius 3 is 2.25 bits per heavy atom. The van der Waals surface area contributed by atoms with Crippen molar-refractivity contribution in [1.82, 2.24) is 0 Å². The monoisotopic (exact) mass is 108 g/mol. The fourth-order valence-corrected chi connectivity index (χ4v) is 3.53. The van der Waals surface area contributed by atoms with E-state index in [0.717, 1.165) is 16.7 Å². The van der Waals surface area contributed by atoms with Crippen LogP contribution in [-0.2, 0) is 0 Å². The smallest absolute Gasteiger partial charge is 0.0175 e. The van der Waals surface area contributed by atoms with Gasteiger partial charge in [-0.25, -0.2) is 0 Å². The van der Waals surface area contributed by atoms with E-state index in [-0.39, 0.29) is 0 Å². The van der Waals surface area contributed by atoms with E-state index >= 15 is 0 Å². The van der Waals surface area contributed by atoms with Crippen LogP contribution in [0.3, 0.4) is 0 Å². The lowest BCUT2D eigenvalue weighted by atomic mass is 9.75. The van der Waals surface area contributed by atoms with Gasteiger partial charge in [-0.3, -0.25) is 0 Å². The third kappa shape index (κ3) is 0.138. The first-order chi connectivity index (χ1) is 3.72. The maximum atomic E-state index is 2.47. The van der Waals surface area contributed by atoms with Crippen LogP contribution in [0.2, 0.25) is 0 Å². The second-order valence-electron chi connectivity index (χ2n) is 4.32. The average Bonchev–Trinajstić information content (AvgIpc) is 2.45. The maximum absolute atomic E-state index is 2.47. The predicted octanol–water partition coefficient (Wildman–Crippen LogP) is 2.05. The summed E-state index contributed by atoms with van der Waals surface area (Å²) in [5.74, 6) is 2.29. The van der Waals surface area contributed by atoms with Gasteiger partial charge in [-0.1, -0.05) is 13.8 Å². The fraction of sp³-hybridized carbons (Fsp3) is 1.00. The summed E-state index contributed by atoms with van der Waals surface area (Å²) >= 11 is 0. The summed E-state index contributed by atoms with van der Waals surface area (Å²) in [6.07, 6.45) is 3.13. The first-order valence-corrected chi connectivity index (χ1v) is 3.72. The summed E-state index contributed by atoms with van der Waals surface area (Å²) in [5.41, 5.74) is 1.85.